The number of nitrogens with zero attached hydrogens (tertiary/aromatic N) is 1. The molecular formula is C23H16Br2N2O4S. The van der Waals surface area contributed by atoms with Crippen molar-refractivity contribution < 1.29 is 17.4 Å². The van der Waals surface area contributed by atoms with E-state index in [-0.39, 0.29) is 16.2 Å². The summed E-state index contributed by atoms with van der Waals surface area (Å²) in [5.41, 5.74) is 1.88. The van der Waals surface area contributed by atoms with Gasteiger partial charge in [-0.1, -0.05) is 39.7 Å². The largest absolute Gasteiger partial charge is 0.378 e. The minimum atomic E-state index is -4.01. The number of aryl methyl sites for hydroxylation is 1. The molecule has 6 nitrogen and oxygen atoms in total. The summed E-state index contributed by atoms with van der Waals surface area (Å²) in [7, 11) is -4.01. The average Bonchev–Trinajstić information content (AvgIpc) is 2.75. The fourth-order valence-electron chi connectivity index (χ4n) is 2.59. The molecule has 1 amide bonds. The standard InChI is InChI=1S/C23H16Br2N2O4S/c1-15-2-9-20(10-3-15)32(29,30)31-22-11-4-16(13-21(22)25)12-17(14-26)23(28)27-19-7-5-18(24)6-8-19/h2-13H,1H3,(H,27,28)/b17-12+. The second-order valence-electron chi connectivity index (χ2n) is 6.67. The predicted molar refractivity (Wildman–Crippen MR) is 129 cm³/mol. The molecule has 0 spiro atoms. The van der Waals surface area contributed by atoms with Crippen LogP contribution in [-0.4, -0.2) is 14.3 Å². The van der Waals surface area contributed by atoms with Gasteiger partial charge < -0.3 is 9.50 Å². The van der Waals surface area contributed by atoms with Crippen LogP contribution >= 0.6 is 31.9 Å². The Hall–Kier alpha value is -2.93. The third-order valence-corrected chi connectivity index (χ3v) is 6.64. The highest BCUT2D eigenvalue weighted by molar-refractivity contribution is 9.10. The van der Waals surface area contributed by atoms with Gasteiger partial charge in [0, 0.05) is 10.2 Å². The van der Waals surface area contributed by atoms with Crippen molar-refractivity contribution in [3.63, 3.8) is 0 Å². The molecule has 0 unspecified atom stereocenters. The molecule has 0 heterocycles. The van der Waals surface area contributed by atoms with Crippen molar-refractivity contribution in [1.82, 2.24) is 0 Å². The Kier molecular flexibility index (Phi) is 7.51. The first-order chi connectivity index (χ1) is 15.2. The maximum absolute atomic E-state index is 12.5. The fraction of sp³-hybridized carbons (Fsp3) is 0.0435. The number of nitriles is 1. The molecule has 0 saturated heterocycles. The average molecular weight is 576 g/mol. The topological polar surface area (TPSA) is 96.3 Å². The van der Waals surface area contributed by atoms with Crippen LogP contribution in [0.3, 0.4) is 0 Å². The Morgan fingerprint density at radius 3 is 2.28 bits per heavy atom. The monoisotopic (exact) mass is 574 g/mol. The zero-order valence-corrected chi connectivity index (χ0v) is 20.7. The molecule has 9 heteroatoms. The van der Waals surface area contributed by atoms with Crippen molar-refractivity contribution in [2.45, 2.75) is 11.8 Å². The van der Waals surface area contributed by atoms with Crippen molar-refractivity contribution in [3.8, 4) is 11.8 Å². The maximum Gasteiger partial charge on any atom is 0.339 e. The Balaban J connectivity index is 1.79. The molecule has 3 rings (SSSR count). The highest BCUT2D eigenvalue weighted by atomic mass is 79.9. The number of amides is 1. The number of carbonyl (C=O) groups excluding carboxylic acids is 1. The molecule has 1 N–H and O–H groups in total. The number of hydrogen-bond donors (Lipinski definition) is 1. The number of halogens is 2. The van der Waals surface area contributed by atoms with Crippen LogP contribution in [0.25, 0.3) is 6.08 Å². The third-order valence-electron chi connectivity index (χ3n) is 4.24. The molecule has 3 aromatic rings. The molecule has 0 radical (unpaired) electrons. The lowest BCUT2D eigenvalue weighted by molar-refractivity contribution is -0.112. The normalized spacial score (nSPS) is 11.5. The number of hydrogen-bond acceptors (Lipinski definition) is 5. The second kappa shape index (κ2) is 10.1. The van der Waals surface area contributed by atoms with E-state index >= 15 is 0 Å². The molecule has 0 atom stereocenters. The Morgan fingerprint density at radius 1 is 1.03 bits per heavy atom. The molecule has 0 fully saturated rings. The summed E-state index contributed by atoms with van der Waals surface area (Å²) < 4.78 is 31.5. The van der Waals surface area contributed by atoms with Crippen LogP contribution in [-0.2, 0) is 14.9 Å². The van der Waals surface area contributed by atoms with E-state index in [0.29, 0.717) is 15.7 Å². The quantitative estimate of drug-likeness (QED) is 0.226. The first kappa shape index (κ1) is 23.7. The van der Waals surface area contributed by atoms with Crippen LogP contribution < -0.4 is 9.50 Å². The van der Waals surface area contributed by atoms with Crippen molar-refractivity contribution >= 4 is 59.6 Å². The van der Waals surface area contributed by atoms with Crippen molar-refractivity contribution in [1.29, 1.82) is 5.26 Å². The van der Waals surface area contributed by atoms with Gasteiger partial charge in [0.2, 0.25) is 0 Å². The van der Waals surface area contributed by atoms with Crippen LogP contribution in [0.5, 0.6) is 5.75 Å². The number of carbonyl (C=O) groups is 1. The molecule has 162 valence electrons. The SMILES string of the molecule is Cc1ccc(S(=O)(=O)Oc2ccc(/C=C(\C#N)C(=O)Nc3ccc(Br)cc3)cc2Br)cc1. The molecular weight excluding hydrogens is 560 g/mol. The van der Waals surface area contributed by atoms with Crippen LogP contribution in [0.4, 0.5) is 5.69 Å². The minimum Gasteiger partial charge on any atom is -0.378 e. The summed E-state index contributed by atoms with van der Waals surface area (Å²) in [5.74, 6) is -0.478. The van der Waals surface area contributed by atoms with Gasteiger partial charge in [-0.15, -0.1) is 0 Å². The summed E-state index contributed by atoms with van der Waals surface area (Å²) in [6, 6.07) is 19.7. The number of nitrogens with one attached hydrogen (secondary N) is 1. The smallest absolute Gasteiger partial charge is 0.339 e. The zero-order chi connectivity index (χ0) is 23.3. The van der Waals surface area contributed by atoms with E-state index in [0.717, 1.165) is 10.0 Å². The van der Waals surface area contributed by atoms with Crippen molar-refractivity contribution in [3.05, 3.63) is 92.4 Å². The van der Waals surface area contributed by atoms with E-state index in [1.807, 2.05) is 13.0 Å². The fourth-order valence-corrected chi connectivity index (χ4v) is 4.39. The van der Waals surface area contributed by atoms with E-state index < -0.39 is 16.0 Å². The van der Waals surface area contributed by atoms with E-state index in [1.165, 1.54) is 24.3 Å². The number of anilines is 1. The molecule has 0 saturated carbocycles. The molecule has 0 aliphatic heterocycles. The summed E-state index contributed by atoms with van der Waals surface area (Å²) in [6.45, 7) is 1.86. The summed E-state index contributed by atoms with van der Waals surface area (Å²) in [4.78, 5) is 12.5. The highest BCUT2D eigenvalue weighted by Crippen LogP contribution is 2.30. The lowest BCUT2D eigenvalue weighted by Gasteiger charge is -2.10. The predicted octanol–water partition coefficient (Wildman–Crippen LogP) is 5.83. The lowest BCUT2D eigenvalue weighted by atomic mass is 10.1. The van der Waals surface area contributed by atoms with Crippen LogP contribution in [0.2, 0.25) is 0 Å². The summed E-state index contributed by atoms with van der Waals surface area (Å²) in [5, 5.41) is 12.1. The molecule has 0 aliphatic rings. The summed E-state index contributed by atoms with van der Waals surface area (Å²) >= 11 is 6.60. The van der Waals surface area contributed by atoms with Crippen LogP contribution in [0, 0.1) is 18.3 Å². The Labute approximate surface area is 202 Å². The molecule has 3 aromatic carbocycles. The van der Waals surface area contributed by atoms with E-state index in [9.17, 15) is 18.5 Å². The van der Waals surface area contributed by atoms with Crippen LogP contribution in [0.1, 0.15) is 11.1 Å². The number of benzene rings is 3. The maximum atomic E-state index is 12.5. The first-order valence-electron chi connectivity index (χ1n) is 9.17. The third kappa shape index (κ3) is 6.07. The lowest BCUT2D eigenvalue weighted by Crippen LogP contribution is -2.13. The molecule has 0 bridgehead atoms. The molecule has 0 aromatic heterocycles. The van der Waals surface area contributed by atoms with E-state index in [4.69, 9.17) is 4.18 Å². The Bertz CT molecular complexity index is 1330. The zero-order valence-electron chi connectivity index (χ0n) is 16.7. The van der Waals surface area contributed by atoms with Gasteiger partial charge in [0.05, 0.1) is 4.47 Å². The van der Waals surface area contributed by atoms with E-state index in [1.54, 1.807) is 48.5 Å². The van der Waals surface area contributed by atoms with Crippen molar-refractivity contribution in [2.75, 3.05) is 5.32 Å². The highest BCUT2D eigenvalue weighted by Gasteiger charge is 2.18. The Morgan fingerprint density at radius 2 is 1.69 bits per heavy atom. The first-order valence-corrected chi connectivity index (χ1v) is 12.2. The summed E-state index contributed by atoms with van der Waals surface area (Å²) in [6.07, 6.45) is 1.40. The second-order valence-corrected chi connectivity index (χ2v) is 9.99. The van der Waals surface area contributed by atoms with E-state index in [2.05, 4.69) is 37.2 Å². The van der Waals surface area contributed by atoms with Gasteiger partial charge in [-0.2, -0.15) is 13.7 Å². The molecule has 0 aliphatic carbocycles. The number of rotatable bonds is 6. The molecule has 32 heavy (non-hydrogen) atoms. The van der Waals surface area contributed by atoms with Gasteiger partial charge >= 0.3 is 10.1 Å². The van der Waals surface area contributed by atoms with Gasteiger partial charge in [-0.25, -0.2) is 0 Å². The minimum absolute atomic E-state index is 0.0374. The van der Waals surface area contributed by atoms with Gasteiger partial charge in [0.1, 0.15) is 16.5 Å². The van der Waals surface area contributed by atoms with Gasteiger partial charge in [0.25, 0.3) is 5.91 Å². The van der Waals surface area contributed by atoms with Gasteiger partial charge in [-0.05, 0) is 83.0 Å². The van der Waals surface area contributed by atoms with Gasteiger partial charge in [-0.3, -0.25) is 4.79 Å². The van der Waals surface area contributed by atoms with Gasteiger partial charge in [0.15, 0.2) is 5.75 Å². The van der Waals surface area contributed by atoms with Crippen molar-refractivity contribution in [2.24, 2.45) is 0 Å². The van der Waals surface area contributed by atoms with Crippen LogP contribution in [0.15, 0.2) is 86.1 Å².